The first-order valence-corrected chi connectivity index (χ1v) is 11.4. The Morgan fingerprint density at radius 3 is 2.81 bits per heavy atom. The number of fused-ring (bicyclic) bond motifs is 1. The number of pyridine rings is 1. The van der Waals surface area contributed by atoms with Gasteiger partial charge in [-0.25, -0.2) is 9.67 Å². The Balaban J connectivity index is 1.57. The topological polar surface area (TPSA) is 60.2 Å². The summed E-state index contributed by atoms with van der Waals surface area (Å²) in [6.07, 6.45) is 3.72. The van der Waals surface area contributed by atoms with E-state index in [1.54, 1.807) is 24.6 Å². The predicted octanol–water partition coefficient (Wildman–Crippen LogP) is 5.17. The maximum absolute atomic E-state index is 13.8. The number of amides is 1. The van der Waals surface area contributed by atoms with Crippen LogP contribution in [0.4, 0.5) is 0 Å². The highest BCUT2D eigenvalue weighted by Gasteiger charge is 2.32. The number of thiophene rings is 1. The van der Waals surface area contributed by atoms with Crippen LogP contribution in [-0.2, 0) is 6.54 Å². The minimum Gasteiger partial charge on any atom is -0.497 e. The van der Waals surface area contributed by atoms with Crippen LogP contribution in [0.1, 0.15) is 41.7 Å². The van der Waals surface area contributed by atoms with Crippen LogP contribution >= 0.6 is 11.3 Å². The van der Waals surface area contributed by atoms with E-state index in [0.29, 0.717) is 12.1 Å². The first-order chi connectivity index (χ1) is 15.2. The summed E-state index contributed by atoms with van der Waals surface area (Å²) in [4.78, 5) is 21.7. The number of carbonyl (C=O) groups is 1. The molecule has 0 bridgehead atoms. The predicted molar refractivity (Wildman–Crippen MR) is 123 cm³/mol. The van der Waals surface area contributed by atoms with Crippen molar-refractivity contribution in [3.63, 3.8) is 0 Å². The van der Waals surface area contributed by atoms with Crippen LogP contribution in [0.25, 0.3) is 21.6 Å². The number of carbonyl (C=O) groups excluding carboxylic acids is 1. The fourth-order valence-electron chi connectivity index (χ4n) is 4.34. The molecule has 1 amide bonds. The molecule has 1 aliphatic heterocycles. The molecule has 158 valence electrons. The molecule has 31 heavy (non-hydrogen) atoms. The molecule has 0 radical (unpaired) electrons. The Morgan fingerprint density at radius 1 is 1.26 bits per heavy atom. The van der Waals surface area contributed by atoms with Gasteiger partial charge < -0.3 is 9.64 Å². The van der Waals surface area contributed by atoms with Gasteiger partial charge in [-0.2, -0.15) is 5.10 Å². The molecule has 6 nitrogen and oxygen atoms in total. The summed E-state index contributed by atoms with van der Waals surface area (Å²) in [6.45, 7) is 3.49. The molecular weight excluding hydrogens is 408 g/mol. The van der Waals surface area contributed by atoms with E-state index in [2.05, 4.69) is 17.2 Å². The summed E-state index contributed by atoms with van der Waals surface area (Å²) >= 11 is 1.63. The fourth-order valence-corrected chi connectivity index (χ4v) is 5.03. The third-order valence-electron chi connectivity index (χ3n) is 5.93. The van der Waals surface area contributed by atoms with Crippen LogP contribution in [-0.4, -0.2) is 39.2 Å². The van der Waals surface area contributed by atoms with E-state index < -0.39 is 0 Å². The molecule has 1 aliphatic rings. The number of nitrogens with zero attached hydrogens (tertiary/aromatic N) is 4. The number of aromatic nitrogens is 3. The second-order valence-corrected chi connectivity index (χ2v) is 8.61. The number of rotatable bonds is 5. The van der Waals surface area contributed by atoms with Crippen molar-refractivity contribution >= 4 is 28.3 Å². The Labute approximate surface area is 185 Å². The average molecular weight is 433 g/mol. The molecule has 0 N–H and O–H groups in total. The highest BCUT2D eigenvalue weighted by Crippen LogP contribution is 2.36. The van der Waals surface area contributed by atoms with E-state index in [0.717, 1.165) is 52.3 Å². The number of benzene rings is 1. The summed E-state index contributed by atoms with van der Waals surface area (Å²) in [6, 6.07) is 14.1. The molecule has 1 atom stereocenters. The maximum atomic E-state index is 13.8. The van der Waals surface area contributed by atoms with Crippen molar-refractivity contribution in [1.82, 2.24) is 19.7 Å². The Kier molecular flexibility index (Phi) is 5.19. The molecule has 1 aromatic carbocycles. The molecular formula is C24H24N4O2S. The van der Waals surface area contributed by atoms with E-state index in [1.165, 1.54) is 0 Å². The first-order valence-electron chi connectivity index (χ1n) is 10.5. The number of methoxy groups -OCH3 is 1. The van der Waals surface area contributed by atoms with Crippen molar-refractivity contribution in [1.29, 1.82) is 0 Å². The molecule has 0 unspecified atom stereocenters. The van der Waals surface area contributed by atoms with Crippen LogP contribution in [0, 0.1) is 0 Å². The normalized spacial score (nSPS) is 16.2. The van der Waals surface area contributed by atoms with Gasteiger partial charge >= 0.3 is 0 Å². The molecule has 4 heterocycles. The van der Waals surface area contributed by atoms with Crippen LogP contribution < -0.4 is 4.74 Å². The minimum absolute atomic E-state index is 0.0409. The Morgan fingerprint density at radius 2 is 2.10 bits per heavy atom. The molecule has 3 aromatic heterocycles. The minimum atomic E-state index is 0.0409. The lowest BCUT2D eigenvalue weighted by atomic mass is 10.0. The van der Waals surface area contributed by atoms with Gasteiger partial charge in [-0.15, -0.1) is 11.3 Å². The van der Waals surface area contributed by atoms with Crippen molar-refractivity contribution in [2.24, 2.45) is 0 Å². The summed E-state index contributed by atoms with van der Waals surface area (Å²) in [5.41, 5.74) is 3.39. The molecule has 0 saturated carbocycles. The van der Waals surface area contributed by atoms with Gasteiger partial charge in [0.15, 0.2) is 5.65 Å². The van der Waals surface area contributed by atoms with Crippen molar-refractivity contribution in [2.75, 3.05) is 13.7 Å². The zero-order chi connectivity index (χ0) is 21.4. The lowest BCUT2D eigenvalue weighted by Crippen LogP contribution is -2.30. The van der Waals surface area contributed by atoms with Crippen molar-refractivity contribution in [3.8, 4) is 16.3 Å². The molecule has 0 aliphatic carbocycles. The summed E-state index contributed by atoms with van der Waals surface area (Å²) in [5, 5.41) is 7.32. The van der Waals surface area contributed by atoms with Gasteiger partial charge in [-0.05, 0) is 55.0 Å². The largest absolute Gasteiger partial charge is 0.497 e. The first kappa shape index (κ1) is 19.8. The van der Waals surface area contributed by atoms with E-state index in [9.17, 15) is 4.79 Å². The fraction of sp³-hybridized carbons (Fsp3) is 0.292. The third kappa shape index (κ3) is 3.49. The number of aryl methyl sites for hydroxylation is 1. The highest BCUT2D eigenvalue weighted by molar-refractivity contribution is 7.13. The van der Waals surface area contributed by atoms with Crippen molar-refractivity contribution < 1.29 is 9.53 Å². The van der Waals surface area contributed by atoms with Gasteiger partial charge in [0.1, 0.15) is 5.75 Å². The molecule has 1 saturated heterocycles. The SMILES string of the molecule is CCn1ncc2c(C(=O)N3CCC[C@H]3c3ccc(OC)cc3)cc(-c3cccs3)nc21. The third-order valence-corrected chi connectivity index (χ3v) is 6.82. The lowest BCUT2D eigenvalue weighted by Gasteiger charge is -2.26. The zero-order valence-corrected chi connectivity index (χ0v) is 18.4. The number of hydrogen-bond acceptors (Lipinski definition) is 5. The van der Waals surface area contributed by atoms with Crippen LogP contribution in [0.3, 0.4) is 0 Å². The Bertz CT molecular complexity index is 1210. The quantitative estimate of drug-likeness (QED) is 0.437. The van der Waals surface area contributed by atoms with Crippen LogP contribution in [0.5, 0.6) is 5.75 Å². The lowest BCUT2D eigenvalue weighted by molar-refractivity contribution is 0.0737. The number of hydrogen-bond donors (Lipinski definition) is 0. The van der Waals surface area contributed by atoms with Gasteiger partial charge in [0, 0.05) is 13.1 Å². The molecule has 5 rings (SSSR count). The second-order valence-electron chi connectivity index (χ2n) is 7.66. The molecule has 1 fully saturated rings. The van der Waals surface area contributed by atoms with Gasteiger partial charge in [-0.3, -0.25) is 4.79 Å². The van der Waals surface area contributed by atoms with Gasteiger partial charge in [0.05, 0.1) is 40.9 Å². The van der Waals surface area contributed by atoms with Gasteiger partial charge in [0.2, 0.25) is 0 Å². The molecule has 7 heteroatoms. The number of ether oxygens (including phenoxy) is 1. The van der Waals surface area contributed by atoms with E-state index in [-0.39, 0.29) is 11.9 Å². The number of likely N-dealkylation sites (tertiary alicyclic amines) is 1. The van der Waals surface area contributed by atoms with Crippen LogP contribution in [0.2, 0.25) is 0 Å². The summed E-state index contributed by atoms with van der Waals surface area (Å²) < 4.78 is 7.14. The summed E-state index contributed by atoms with van der Waals surface area (Å²) in [5.74, 6) is 0.863. The van der Waals surface area contributed by atoms with Crippen molar-refractivity contribution in [2.45, 2.75) is 32.4 Å². The average Bonchev–Trinajstić information content (AvgIpc) is 3.58. The highest BCUT2D eigenvalue weighted by atomic mass is 32.1. The Hall–Kier alpha value is -3.19. The second kappa shape index (κ2) is 8.15. The molecule has 4 aromatic rings. The van der Waals surface area contributed by atoms with E-state index in [1.807, 2.05) is 52.2 Å². The maximum Gasteiger partial charge on any atom is 0.255 e. The molecule has 0 spiro atoms. The van der Waals surface area contributed by atoms with Gasteiger partial charge in [0.25, 0.3) is 5.91 Å². The van der Waals surface area contributed by atoms with Crippen molar-refractivity contribution in [3.05, 3.63) is 65.2 Å². The van der Waals surface area contributed by atoms with Crippen LogP contribution in [0.15, 0.2) is 54.0 Å². The standard InChI is InChI=1S/C24H24N4O2S/c1-3-28-23-19(15-25-28)18(14-20(26-23)22-7-5-13-31-22)24(29)27-12-4-6-21(27)16-8-10-17(30-2)11-9-16/h5,7-11,13-15,21H,3-4,6,12H2,1-2H3/t21-/m0/s1. The zero-order valence-electron chi connectivity index (χ0n) is 17.6. The van der Waals surface area contributed by atoms with E-state index in [4.69, 9.17) is 9.72 Å². The smallest absolute Gasteiger partial charge is 0.255 e. The summed E-state index contributed by atoms with van der Waals surface area (Å²) in [7, 11) is 1.66. The van der Waals surface area contributed by atoms with Gasteiger partial charge in [-0.1, -0.05) is 18.2 Å². The monoisotopic (exact) mass is 432 g/mol. The van der Waals surface area contributed by atoms with E-state index >= 15 is 0 Å².